The molecular formula is C14H18N4OS. The number of thioether (sulfide) groups is 1. The molecule has 6 heteroatoms. The largest absolute Gasteiger partial charge is 0.493 e. The van der Waals surface area contributed by atoms with Crippen molar-refractivity contribution in [1.82, 2.24) is 20.6 Å². The van der Waals surface area contributed by atoms with Gasteiger partial charge in [0.05, 0.1) is 6.61 Å². The number of nitrogens with zero attached hydrogens (tertiary/aromatic N) is 3. The van der Waals surface area contributed by atoms with E-state index in [0.717, 1.165) is 42.0 Å². The molecule has 0 unspecified atom stereocenters. The summed E-state index contributed by atoms with van der Waals surface area (Å²) in [4.78, 5) is 0. The van der Waals surface area contributed by atoms with Gasteiger partial charge < -0.3 is 4.74 Å². The maximum atomic E-state index is 5.79. The van der Waals surface area contributed by atoms with Crippen LogP contribution in [0.2, 0.25) is 0 Å². The first-order valence-electron chi connectivity index (χ1n) is 6.92. The zero-order chi connectivity index (χ0) is 13.6. The molecule has 1 fully saturated rings. The summed E-state index contributed by atoms with van der Waals surface area (Å²) < 4.78 is 5.79. The van der Waals surface area contributed by atoms with E-state index < -0.39 is 0 Å². The third-order valence-corrected chi connectivity index (χ3v) is 4.24. The minimum Gasteiger partial charge on any atom is -0.493 e. The van der Waals surface area contributed by atoms with E-state index in [9.17, 15) is 0 Å². The highest BCUT2D eigenvalue weighted by Crippen LogP contribution is 2.29. The lowest BCUT2D eigenvalue weighted by Crippen LogP contribution is -1.99. The van der Waals surface area contributed by atoms with Crippen molar-refractivity contribution in [3.05, 3.63) is 35.7 Å². The molecule has 20 heavy (non-hydrogen) atoms. The second-order valence-electron chi connectivity index (χ2n) is 5.03. The Labute approximate surface area is 122 Å². The maximum Gasteiger partial charge on any atom is 0.175 e. The monoisotopic (exact) mass is 290 g/mol. The number of tetrazole rings is 1. The smallest absolute Gasteiger partial charge is 0.175 e. The molecule has 0 saturated heterocycles. The molecule has 0 atom stereocenters. The zero-order valence-electron chi connectivity index (χ0n) is 11.3. The molecule has 0 bridgehead atoms. The molecule has 1 aromatic heterocycles. The summed E-state index contributed by atoms with van der Waals surface area (Å²) in [6.45, 7) is 0.869. The number of benzene rings is 1. The lowest BCUT2D eigenvalue weighted by atomic mass is 10.2. The fourth-order valence-electron chi connectivity index (χ4n) is 1.87. The summed E-state index contributed by atoms with van der Waals surface area (Å²) in [6, 6.07) is 8.39. The molecule has 106 valence electrons. The molecule has 1 aliphatic carbocycles. The van der Waals surface area contributed by atoms with Crippen molar-refractivity contribution in [3.8, 4) is 5.75 Å². The standard InChI is InChI=1S/C14H18N4OS/c1-2-12(8-13(3-1)19-9-11-4-5-11)10-20-7-6-14-15-17-18-16-14/h1-3,8,11H,4-7,9-10H2,(H,15,16,17,18). The first-order valence-corrected chi connectivity index (χ1v) is 8.07. The third-order valence-electron chi connectivity index (χ3n) is 3.21. The third kappa shape index (κ3) is 4.23. The predicted molar refractivity (Wildman–Crippen MR) is 78.7 cm³/mol. The molecule has 2 aromatic rings. The van der Waals surface area contributed by atoms with E-state index in [-0.39, 0.29) is 0 Å². The lowest BCUT2D eigenvalue weighted by molar-refractivity contribution is 0.299. The minimum atomic E-state index is 0.777. The molecular weight excluding hydrogens is 272 g/mol. The maximum absolute atomic E-state index is 5.79. The number of aromatic nitrogens is 4. The Bertz CT molecular complexity index is 528. The fourth-order valence-corrected chi connectivity index (χ4v) is 2.75. The predicted octanol–water partition coefficient (Wildman–Crippen LogP) is 2.46. The Hall–Kier alpha value is -1.56. The van der Waals surface area contributed by atoms with Crippen molar-refractivity contribution in [1.29, 1.82) is 0 Å². The Morgan fingerprint density at radius 3 is 3.10 bits per heavy atom. The average molecular weight is 290 g/mol. The number of ether oxygens (including phenoxy) is 1. The van der Waals surface area contributed by atoms with Gasteiger partial charge in [-0.25, -0.2) is 0 Å². The van der Waals surface area contributed by atoms with Crippen LogP contribution in [0, 0.1) is 5.92 Å². The SMILES string of the molecule is c1cc(CSCCc2nn[nH]n2)cc(OCC2CC2)c1. The Kier molecular flexibility index (Phi) is 4.53. The Morgan fingerprint density at radius 2 is 2.30 bits per heavy atom. The second kappa shape index (κ2) is 6.74. The van der Waals surface area contributed by atoms with Crippen molar-refractivity contribution < 1.29 is 4.74 Å². The summed E-state index contributed by atoms with van der Waals surface area (Å²) >= 11 is 1.87. The second-order valence-corrected chi connectivity index (χ2v) is 6.14. The van der Waals surface area contributed by atoms with Crippen molar-refractivity contribution in [2.75, 3.05) is 12.4 Å². The van der Waals surface area contributed by atoms with Crippen LogP contribution in [0.4, 0.5) is 0 Å². The molecule has 1 heterocycles. The molecule has 5 nitrogen and oxygen atoms in total. The van der Waals surface area contributed by atoms with Crippen LogP contribution in [0.5, 0.6) is 5.75 Å². The van der Waals surface area contributed by atoms with Gasteiger partial charge in [-0.2, -0.15) is 17.0 Å². The van der Waals surface area contributed by atoms with Crippen LogP contribution in [-0.2, 0) is 12.2 Å². The molecule has 3 rings (SSSR count). The van der Waals surface area contributed by atoms with Crippen LogP contribution in [-0.4, -0.2) is 33.0 Å². The van der Waals surface area contributed by atoms with Crippen LogP contribution < -0.4 is 4.74 Å². The van der Waals surface area contributed by atoms with Gasteiger partial charge in [-0.1, -0.05) is 17.3 Å². The number of aryl methyl sites for hydroxylation is 1. The van der Waals surface area contributed by atoms with E-state index in [4.69, 9.17) is 4.74 Å². The summed E-state index contributed by atoms with van der Waals surface area (Å²) in [5.74, 6) is 4.54. The number of hydrogen-bond acceptors (Lipinski definition) is 5. The lowest BCUT2D eigenvalue weighted by Gasteiger charge is -2.07. The van der Waals surface area contributed by atoms with Crippen molar-refractivity contribution in [2.24, 2.45) is 5.92 Å². The zero-order valence-corrected chi connectivity index (χ0v) is 12.1. The van der Waals surface area contributed by atoms with Gasteiger partial charge in [0.15, 0.2) is 5.82 Å². The van der Waals surface area contributed by atoms with E-state index in [1.165, 1.54) is 18.4 Å². The molecule has 1 saturated carbocycles. The van der Waals surface area contributed by atoms with Gasteiger partial charge in [0.25, 0.3) is 0 Å². The quantitative estimate of drug-likeness (QED) is 0.757. The van der Waals surface area contributed by atoms with Crippen molar-refractivity contribution in [3.63, 3.8) is 0 Å². The fraction of sp³-hybridized carbons (Fsp3) is 0.500. The van der Waals surface area contributed by atoms with Crippen LogP contribution in [0.3, 0.4) is 0 Å². The molecule has 1 aliphatic rings. The van der Waals surface area contributed by atoms with Crippen LogP contribution >= 0.6 is 11.8 Å². The highest BCUT2D eigenvalue weighted by atomic mass is 32.2. The number of H-pyrrole nitrogens is 1. The van der Waals surface area contributed by atoms with E-state index in [1.54, 1.807) is 0 Å². The van der Waals surface area contributed by atoms with E-state index in [2.05, 4.69) is 38.8 Å². The van der Waals surface area contributed by atoms with Gasteiger partial charge >= 0.3 is 0 Å². The normalized spacial score (nSPS) is 14.4. The summed E-state index contributed by atoms with van der Waals surface area (Å²) in [5.41, 5.74) is 1.30. The molecule has 1 aromatic carbocycles. The van der Waals surface area contributed by atoms with E-state index in [0.29, 0.717) is 0 Å². The highest BCUT2D eigenvalue weighted by molar-refractivity contribution is 7.98. The van der Waals surface area contributed by atoms with Gasteiger partial charge in [0, 0.05) is 17.9 Å². The molecule has 0 radical (unpaired) electrons. The number of rotatable bonds is 8. The van der Waals surface area contributed by atoms with Crippen molar-refractivity contribution >= 4 is 11.8 Å². The van der Waals surface area contributed by atoms with Crippen LogP contribution in [0.15, 0.2) is 24.3 Å². The molecule has 1 N–H and O–H groups in total. The molecule has 0 spiro atoms. The van der Waals surface area contributed by atoms with Gasteiger partial charge in [-0.3, -0.25) is 0 Å². The number of aromatic amines is 1. The van der Waals surface area contributed by atoms with Crippen LogP contribution in [0.25, 0.3) is 0 Å². The topological polar surface area (TPSA) is 63.7 Å². The Balaban J connectivity index is 1.40. The summed E-state index contributed by atoms with van der Waals surface area (Å²) in [7, 11) is 0. The van der Waals surface area contributed by atoms with Crippen molar-refractivity contribution in [2.45, 2.75) is 25.0 Å². The average Bonchev–Trinajstić information content (AvgIpc) is 3.17. The van der Waals surface area contributed by atoms with E-state index >= 15 is 0 Å². The minimum absolute atomic E-state index is 0.777. The Morgan fingerprint density at radius 1 is 1.35 bits per heavy atom. The summed E-state index contributed by atoms with van der Waals surface area (Å²) in [6.07, 6.45) is 3.50. The number of nitrogens with one attached hydrogen (secondary N) is 1. The first-order chi connectivity index (χ1) is 9.90. The highest BCUT2D eigenvalue weighted by Gasteiger charge is 2.21. The van der Waals surface area contributed by atoms with Gasteiger partial charge in [0.2, 0.25) is 0 Å². The van der Waals surface area contributed by atoms with Gasteiger partial charge in [-0.15, -0.1) is 10.2 Å². The first kappa shape index (κ1) is 13.4. The van der Waals surface area contributed by atoms with Gasteiger partial charge in [-0.05, 0) is 36.5 Å². The van der Waals surface area contributed by atoms with Gasteiger partial charge in [0.1, 0.15) is 5.75 Å². The summed E-state index contributed by atoms with van der Waals surface area (Å²) in [5, 5.41) is 13.9. The van der Waals surface area contributed by atoms with Crippen LogP contribution in [0.1, 0.15) is 24.2 Å². The van der Waals surface area contributed by atoms with E-state index in [1.807, 2.05) is 17.8 Å². The molecule has 0 amide bonds. The number of hydrogen-bond donors (Lipinski definition) is 1. The molecule has 0 aliphatic heterocycles.